The Labute approximate surface area is 142 Å². The minimum absolute atomic E-state index is 0.175. The van der Waals surface area contributed by atoms with Gasteiger partial charge in [0.25, 0.3) is 0 Å². The molecule has 2 rings (SSSR count). The van der Waals surface area contributed by atoms with Crippen LogP contribution in [0.5, 0.6) is 0 Å². The molecule has 132 valence electrons. The van der Waals surface area contributed by atoms with Gasteiger partial charge in [-0.15, -0.1) is 0 Å². The lowest BCUT2D eigenvalue weighted by molar-refractivity contribution is -0.148. The molecule has 0 fully saturated rings. The average Bonchev–Trinajstić information content (AvgIpc) is 2.60. The van der Waals surface area contributed by atoms with E-state index in [0.717, 1.165) is 12.0 Å². The Kier molecular flexibility index (Phi) is 5.80. The molecular formula is C18H15F4NO2. The van der Waals surface area contributed by atoms with Crippen LogP contribution in [0, 0.1) is 0 Å². The number of para-hydroxylation sites is 1. The lowest BCUT2D eigenvalue weighted by Gasteiger charge is -2.25. The van der Waals surface area contributed by atoms with Crippen LogP contribution in [0.3, 0.4) is 0 Å². The van der Waals surface area contributed by atoms with Gasteiger partial charge in [0.2, 0.25) is 5.95 Å². The van der Waals surface area contributed by atoms with E-state index in [9.17, 15) is 22.4 Å². The van der Waals surface area contributed by atoms with Gasteiger partial charge in [-0.05, 0) is 17.7 Å². The zero-order valence-electron chi connectivity index (χ0n) is 13.3. The van der Waals surface area contributed by atoms with Crippen molar-refractivity contribution in [1.82, 2.24) is 0 Å². The Morgan fingerprint density at radius 2 is 1.52 bits per heavy atom. The van der Waals surface area contributed by atoms with Gasteiger partial charge in [-0.2, -0.15) is 17.6 Å². The lowest BCUT2D eigenvalue weighted by Crippen LogP contribution is -2.29. The highest BCUT2D eigenvalue weighted by Crippen LogP contribution is 2.34. The predicted octanol–water partition coefficient (Wildman–Crippen LogP) is 4.61. The summed E-state index contributed by atoms with van der Waals surface area (Å²) in [6.45, 7) is -0.187. The normalized spacial score (nSPS) is 12.4. The van der Waals surface area contributed by atoms with Crippen molar-refractivity contribution in [3.8, 4) is 0 Å². The van der Waals surface area contributed by atoms with Crippen LogP contribution < -0.4 is 4.90 Å². The van der Waals surface area contributed by atoms with E-state index in [1.54, 1.807) is 48.5 Å². The summed E-state index contributed by atoms with van der Waals surface area (Å²) in [6.07, 6.45) is -5.19. The van der Waals surface area contributed by atoms with Crippen molar-refractivity contribution in [2.24, 2.45) is 0 Å². The number of ether oxygens (including phenoxy) is 1. The molecule has 0 spiro atoms. The van der Waals surface area contributed by atoms with Crippen molar-refractivity contribution in [2.75, 3.05) is 12.0 Å². The quantitative estimate of drug-likeness (QED) is 0.340. The van der Waals surface area contributed by atoms with Crippen LogP contribution in [-0.2, 0) is 16.1 Å². The number of carbonyl (C=O) groups is 1. The van der Waals surface area contributed by atoms with Crippen molar-refractivity contribution >= 4 is 11.7 Å². The molecule has 0 aliphatic rings. The summed E-state index contributed by atoms with van der Waals surface area (Å²) in [5, 5.41) is 0. The van der Waals surface area contributed by atoms with Gasteiger partial charge in [-0.1, -0.05) is 48.5 Å². The van der Waals surface area contributed by atoms with Crippen LogP contribution in [-0.4, -0.2) is 19.3 Å². The van der Waals surface area contributed by atoms with E-state index in [1.807, 2.05) is 0 Å². The highest BCUT2D eigenvalue weighted by molar-refractivity contribution is 5.91. The molecule has 0 amide bonds. The first-order chi connectivity index (χ1) is 11.8. The number of carbonyl (C=O) groups excluding carboxylic acids is 1. The first-order valence-corrected chi connectivity index (χ1v) is 7.26. The molecule has 7 heteroatoms. The summed E-state index contributed by atoms with van der Waals surface area (Å²) in [4.78, 5) is 12.3. The van der Waals surface area contributed by atoms with E-state index in [0.29, 0.717) is 5.56 Å². The molecule has 0 bridgehead atoms. The second kappa shape index (κ2) is 7.83. The maximum Gasteiger partial charge on any atom is 0.427 e. The number of alkyl halides is 3. The highest BCUT2D eigenvalue weighted by Gasteiger charge is 2.44. The molecule has 2 aromatic rings. The van der Waals surface area contributed by atoms with Crippen molar-refractivity contribution in [3.05, 3.63) is 77.8 Å². The molecule has 0 unspecified atom stereocenters. The van der Waals surface area contributed by atoms with Crippen LogP contribution in [0.25, 0.3) is 0 Å². The summed E-state index contributed by atoms with van der Waals surface area (Å²) in [5.74, 6) is -3.49. The van der Waals surface area contributed by atoms with Crippen LogP contribution in [0.2, 0.25) is 0 Å². The molecule has 0 radical (unpaired) electrons. The van der Waals surface area contributed by atoms with Gasteiger partial charge in [0.1, 0.15) is 0 Å². The standard InChI is InChI=1S/C18H15F4NO2/c1-25-17(24)15(18(20,21)22)16(19)23(14-10-6-3-7-11-14)12-13-8-4-2-5-9-13/h2-11H,12H2,1H3. The second-order valence-electron chi connectivity index (χ2n) is 5.06. The zero-order chi connectivity index (χ0) is 18.4. The van der Waals surface area contributed by atoms with Crippen LogP contribution in [0.4, 0.5) is 23.2 Å². The fourth-order valence-corrected chi connectivity index (χ4v) is 2.20. The number of benzene rings is 2. The maximum atomic E-state index is 14.8. The number of hydrogen-bond acceptors (Lipinski definition) is 3. The van der Waals surface area contributed by atoms with Crippen LogP contribution >= 0.6 is 0 Å². The molecule has 0 heterocycles. The minimum atomic E-state index is -5.19. The zero-order valence-corrected chi connectivity index (χ0v) is 13.3. The van der Waals surface area contributed by atoms with Crippen molar-refractivity contribution in [1.29, 1.82) is 0 Å². The number of hydrogen-bond donors (Lipinski definition) is 0. The monoisotopic (exact) mass is 353 g/mol. The van der Waals surface area contributed by atoms with Gasteiger partial charge in [0.05, 0.1) is 13.7 Å². The highest BCUT2D eigenvalue weighted by atomic mass is 19.4. The molecule has 25 heavy (non-hydrogen) atoms. The topological polar surface area (TPSA) is 29.5 Å². The number of anilines is 1. The third-order valence-corrected chi connectivity index (χ3v) is 3.37. The Morgan fingerprint density at radius 3 is 2.00 bits per heavy atom. The maximum absolute atomic E-state index is 14.8. The molecule has 3 nitrogen and oxygen atoms in total. The lowest BCUT2D eigenvalue weighted by atomic mass is 10.1. The Balaban J connectivity index is 2.56. The van der Waals surface area contributed by atoms with E-state index < -0.39 is 23.7 Å². The van der Waals surface area contributed by atoms with Crippen LogP contribution in [0.1, 0.15) is 5.56 Å². The fraction of sp³-hybridized carbons (Fsp3) is 0.167. The predicted molar refractivity (Wildman–Crippen MR) is 85.3 cm³/mol. The van der Waals surface area contributed by atoms with Gasteiger partial charge in [0, 0.05) is 5.69 Å². The smallest absolute Gasteiger partial charge is 0.427 e. The fourth-order valence-electron chi connectivity index (χ4n) is 2.20. The molecule has 0 aliphatic carbocycles. The van der Waals surface area contributed by atoms with Crippen molar-refractivity contribution in [2.45, 2.75) is 12.7 Å². The van der Waals surface area contributed by atoms with Crippen molar-refractivity contribution in [3.63, 3.8) is 0 Å². The van der Waals surface area contributed by atoms with Gasteiger partial charge >= 0.3 is 12.1 Å². The van der Waals surface area contributed by atoms with E-state index in [4.69, 9.17) is 0 Å². The first kappa shape index (κ1) is 18.5. The summed E-state index contributed by atoms with van der Waals surface area (Å²) in [5.41, 5.74) is -1.22. The molecule has 2 aromatic carbocycles. The van der Waals surface area contributed by atoms with Crippen molar-refractivity contribution < 1.29 is 27.1 Å². The van der Waals surface area contributed by atoms with Gasteiger partial charge in [0.15, 0.2) is 5.57 Å². The van der Waals surface area contributed by atoms with E-state index in [2.05, 4.69) is 4.74 Å². The number of esters is 1. The molecule has 0 atom stereocenters. The molecule has 0 saturated carbocycles. The largest absolute Gasteiger partial charge is 0.465 e. The number of nitrogens with zero attached hydrogens (tertiary/aromatic N) is 1. The molecule has 0 N–H and O–H groups in total. The third-order valence-electron chi connectivity index (χ3n) is 3.37. The van der Waals surface area contributed by atoms with Crippen LogP contribution in [0.15, 0.2) is 72.2 Å². The Morgan fingerprint density at radius 1 is 1.00 bits per heavy atom. The number of rotatable bonds is 5. The number of halogens is 4. The Hall–Kier alpha value is -2.83. The molecule has 0 aliphatic heterocycles. The summed E-state index contributed by atoms with van der Waals surface area (Å²) < 4.78 is 58.5. The third kappa shape index (κ3) is 4.59. The average molecular weight is 353 g/mol. The minimum Gasteiger partial charge on any atom is -0.465 e. The second-order valence-corrected chi connectivity index (χ2v) is 5.06. The van der Waals surface area contributed by atoms with Gasteiger partial charge in [-0.3, -0.25) is 0 Å². The van der Waals surface area contributed by atoms with E-state index >= 15 is 0 Å². The molecular weight excluding hydrogens is 338 g/mol. The van der Waals surface area contributed by atoms with E-state index in [-0.39, 0.29) is 12.2 Å². The Bertz CT molecular complexity index is 743. The molecule has 0 saturated heterocycles. The van der Waals surface area contributed by atoms with E-state index in [1.165, 1.54) is 12.1 Å². The first-order valence-electron chi connectivity index (χ1n) is 7.26. The van der Waals surface area contributed by atoms with Gasteiger partial charge in [-0.25, -0.2) is 4.79 Å². The van der Waals surface area contributed by atoms with Gasteiger partial charge < -0.3 is 9.64 Å². The summed E-state index contributed by atoms with van der Waals surface area (Å²) >= 11 is 0. The number of methoxy groups -OCH3 is 1. The molecule has 0 aromatic heterocycles. The SMILES string of the molecule is COC(=O)C(=C(F)N(Cc1ccccc1)c1ccccc1)C(F)(F)F. The summed E-state index contributed by atoms with van der Waals surface area (Å²) in [7, 11) is 0.769. The summed E-state index contributed by atoms with van der Waals surface area (Å²) in [6, 6.07) is 16.1.